The molecule has 0 atom stereocenters. The molecule has 8 aromatic rings. The number of fused-ring (bicyclic) bond motifs is 10. The first kappa shape index (κ1) is 27.5. The molecule has 2 aliphatic rings. The number of nitrogens with zero attached hydrogens (tertiary/aromatic N) is 12. The van der Waals surface area contributed by atoms with Gasteiger partial charge in [-0.05, 0) is 68.8 Å². The van der Waals surface area contributed by atoms with Crippen molar-refractivity contribution in [3.8, 4) is 67.3 Å². The highest BCUT2D eigenvalue weighted by molar-refractivity contribution is 5.98. The number of hydrogen-bond acceptors (Lipinski definition) is 8. The van der Waals surface area contributed by atoms with E-state index in [1.807, 2.05) is 53.0 Å². The maximum absolute atomic E-state index is 4.49. The van der Waals surface area contributed by atoms with E-state index in [9.17, 15) is 0 Å². The lowest BCUT2D eigenvalue weighted by Crippen LogP contribution is -2.26. The quantitative estimate of drug-likeness (QED) is 0.257. The zero-order valence-electron chi connectivity index (χ0n) is 27.1. The number of aryl methyl sites for hydroxylation is 4. The van der Waals surface area contributed by atoms with Gasteiger partial charge in [0.15, 0.2) is 0 Å². The summed E-state index contributed by atoms with van der Waals surface area (Å²) in [4.78, 5) is 0. The summed E-state index contributed by atoms with van der Waals surface area (Å²) in [7, 11) is 7.56. The standard InChI is InChI=1S/C37H28N12/c1-46-17-33(38-42-46)21-5-9-25-26-10-6-22(34-18-47(2)43-39-34)14-30(26)37(29(25)13-21)31-15-23(35-19-48(3)44-40-35)7-11-27(31)28-12-8-24(16-32(28)37)36-20-49(4)45-41-36/h5-20H,1-4H3. The molecule has 1 spiro atoms. The van der Waals surface area contributed by atoms with Crippen LogP contribution in [0.4, 0.5) is 0 Å². The second-order valence-electron chi connectivity index (χ2n) is 12.9. The molecule has 0 N–H and O–H groups in total. The van der Waals surface area contributed by atoms with Gasteiger partial charge in [0, 0.05) is 50.4 Å². The monoisotopic (exact) mass is 640 g/mol. The SMILES string of the molecule is Cn1cc(-c2ccc3c(c2)C2(c4cc(-c5cn(C)nn5)ccc4-3)c3cc(-c4cn(C)nn4)ccc3-c3ccc(-c4cn(C)nn4)cc32)nn1. The summed E-state index contributed by atoms with van der Waals surface area (Å²) in [5.41, 5.74) is 15.9. The molecule has 49 heavy (non-hydrogen) atoms. The Labute approximate surface area is 280 Å². The van der Waals surface area contributed by atoms with E-state index in [1.54, 1.807) is 18.7 Å². The lowest BCUT2D eigenvalue weighted by Gasteiger charge is -2.31. The van der Waals surface area contributed by atoms with Gasteiger partial charge in [-0.3, -0.25) is 18.7 Å². The smallest absolute Gasteiger partial charge is 0.113 e. The van der Waals surface area contributed by atoms with Crippen molar-refractivity contribution in [2.75, 3.05) is 0 Å². The fraction of sp³-hybridized carbons (Fsp3) is 0.135. The van der Waals surface area contributed by atoms with Crippen molar-refractivity contribution in [1.29, 1.82) is 0 Å². The van der Waals surface area contributed by atoms with Crippen LogP contribution >= 0.6 is 0 Å². The molecule has 12 heteroatoms. The Morgan fingerprint density at radius 3 is 0.816 bits per heavy atom. The van der Waals surface area contributed by atoms with Crippen molar-refractivity contribution in [2.45, 2.75) is 5.41 Å². The van der Waals surface area contributed by atoms with Crippen LogP contribution in [0.3, 0.4) is 0 Å². The summed E-state index contributed by atoms with van der Waals surface area (Å²) in [6.07, 6.45) is 7.82. The maximum atomic E-state index is 4.49. The Hall–Kier alpha value is -6.56. The number of hydrogen-bond donors (Lipinski definition) is 0. The highest BCUT2D eigenvalue weighted by Gasteiger charge is 2.52. The average molecular weight is 641 g/mol. The van der Waals surface area contributed by atoms with E-state index in [-0.39, 0.29) is 0 Å². The summed E-state index contributed by atoms with van der Waals surface area (Å²) in [6.45, 7) is 0. The third kappa shape index (κ3) is 3.85. The van der Waals surface area contributed by atoms with E-state index in [0.717, 1.165) is 45.0 Å². The molecule has 236 valence electrons. The molecule has 10 rings (SSSR count). The predicted octanol–water partition coefficient (Wildman–Crippen LogP) is 5.21. The van der Waals surface area contributed by atoms with Crippen molar-refractivity contribution in [2.24, 2.45) is 28.2 Å². The summed E-state index contributed by atoms with van der Waals surface area (Å²) in [5, 5.41) is 35.0. The first-order valence-electron chi connectivity index (χ1n) is 15.9. The Morgan fingerprint density at radius 1 is 0.367 bits per heavy atom. The van der Waals surface area contributed by atoms with Crippen LogP contribution in [-0.4, -0.2) is 60.0 Å². The molecule has 0 bridgehead atoms. The normalized spacial score (nSPS) is 13.5. The van der Waals surface area contributed by atoms with Gasteiger partial charge in [0.1, 0.15) is 22.8 Å². The second kappa shape index (κ2) is 9.73. The lowest BCUT2D eigenvalue weighted by atomic mass is 9.69. The maximum Gasteiger partial charge on any atom is 0.113 e. The zero-order chi connectivity index (χ0) is 33.0. The minimum absolute atomic E-state index is 0.692. The molecular weight excluding hydrogens is 612 g/mol. The van der Waals surface area contributed by atoms with Gasteiger partial charge in [-0.1, -0.05) is 69.4 Å². The molecule has 4 heterocycles. The summed E-state index contributed by atoms with van der Waals surface area (Å²) >= 11 is 0. The molecule has 0 saturated carbocycles. The summed E-state index contributed by atoms with van der Waals surface area (Å²) in [6, 6.07) is 26.7. The van der Waals surface area contributed by atoms with Crippen molar-refractivity contribution < 1.29 is 0 Å². The largest absolute Gasteiger partial charge is 0.255 e. The molecule has 12 nitrogen and oxygen atoms in total. The number of aromatic nitrogens is 12. The Kier molecular flexibility index (Phi) is 5.47. The molecule has 0 unspecified atom stereocenters. The van der Waals surface area contributed by atoms with Crippen molar-refractivity contribution in [3.05, 3.63) is 120 Å². The molecule has 2 aliphatic carbocycles. The van der Waals surface area contributed by atoms with Gasteiger partial charge < -0.3 is 0 Å². The average Bonchev–Trinajstić information content (AvgIpc) is 3.97. The minimum atomic E-state index is -0.692. The van der Waals surface area contributed by atoms with Crippen LogP contribution in [0.25, 0.3) is 67.3 Å². The fourth-order valence-corrected chi connectivity index (χ4v) is 7.78. The molecule has 0 amide bonds. The lowest BCUT2D eigenvalue weighted by molar-refractivity contribution is 0.715. The van der Waals surface area contributed by atoms with Crippen molar-refractivity contribution >= 4 is 0 Å². The highest BCUT2D eigenvalue weighted by atomic mass is 15.4. The Balaban J connectivity index is 1.33. The molecule has 4 aromatic carbocycles. The molecule has 0 saturated heterocycles. The predicted molar refractivity (Wildman–Crippen MR) is 183 cm³/mol. The van der Waals surface area contributed by atoms with E-state index in [1.165, 1.54) is 44.5 Å². The third-order valence-corrected chi connectivity index (χ3v) is 9.87. The van der Waals surface area contributed by atoms with Gasteiger partial charge in [0.25, 0.3) is 0 Å². The second-order valence-corrected chi connectivity index (χ2v) is 12.9. The molecule has 0 radical (unpaired) electrons. The van der Waals surface area contributed by atoms with Crippen LogP contribution in [0.1, 0.15) is 22.3 Å². The van der Waals surface area contributed by atoms with Crippen LogP contribution in [0.5, 0.6) is 0 Å². The van der Waals surface area contributed by atoms with Gasteiger partial charge in [-0.25, -0.2) is 0 Å². The van der Waals surface area contributed by atoms with Crippen LogP contribution < -0.4 is 0 Å². The van der Waals surface area contributed by atoms with Gasteiger partial charge in [-0.2, -0.15) is 0 Å². The van der Waals surface area contributed by atoms with E-state index in [4.69, 9.17) is 0 Å². The topological polar surface area (TPSA) is 123 Å². The number of benzene rings is 4. The molecular formula is C37H28N12. The van der Waals surface area contributed by atoms with Crippen molar-refractivity contribution in [3.63, 3.8) is 0 Å². The van der Waals surface area contributed by atoms with Gasteiger partial charge >= 0.3 is 0 Å². The van der Waals surface area contributed by atoms with Crippen LogP contribution in [0.15, 0.2) is 97.6 Å². The first-order chi connectivity index (χ1) is 23.9. The van der Waals surface area contributed by atoms with E-state index in [2.05, 4.69) is 114 Å². The van der Waals surface area contributed by atoms with Gasteiger partial charge in [0.05, 0.1) is 30.2 Å². The minimum Gasteiger partial charge on any atom is -0.255 e. The fourth-order valence-electron chi connectivity index (χ4n) is 7.78. The molecule has 0 aliphatic heterocycles. The Morgan fingerprint density at radius 2 is 0.612 bits per heavy atom. The highest BCUT2D eigenvalue weighted by Crippen LogP contribution is 2.64. The Bertz CT molecular complexity index is 2270. The van der Waals surface area contributed by atoms with Crippen LogP contribution in [-0.2, 0) is 33.6 Å². The van der Waals surface area contributed by atoms with Crippen molar-refractivity contribution in [1.82, 2.24) is 60.0 Å². The molecule has 4 aromatic heterocycles. The van der Waals surface area contributed by atoms with E-state index in [0.29, 0.717) is 0 Å². The van der Waals surface area contributed by atoms with Gasteiger partial charge in [-0.15, -0.1) is 20.4 Å². The first-order valence-corrected chi connectivity index (χ1v) is 15.9. The molecule has 0 fully saturated rings. The van der Waals surface area contributed by atoms with Crippen LogP contribution in [0.2, 0.25) is 0 Å². The third-order valence-electron chi connectivity index (χ3n) is 9.87. The zero-order valence-corrected chi connectivity index (χ0v) is 27.1. The van der Waals surface area contributed by atoms with E-state index < -0.39 is 5.41 Å². The summed E-state index contributed by atoms with van der Waals surface area (Å²) < 4.78 is 6.95. The van der Waals surface area contributed by atoms with Crippen LogP contribution in [0, 0.1) is 0 Å². The van der Waals surface area contributed by atoms with E-state index >= 15 is 0 Å². The summed E-state index contributed by atoms with van der Waals surface area (Å²) in [5.74, 6) is 0. The van der Waals surface area contributed by atoms with Gasteiger partial charge in [0.2, 0.25) is 0 Å². The number of rotatable bonds is 4.